The number of anilines is 1. The Morgan fingerprint density at radius 2 is 1.65 bits per heavy atom. The fourth-order valence-electron chi connectivity index (χ4n) is 1.41. The van der Waals surface area contributed by atoms with E-state index in [1.807, 2.05) is 30.3 Å². The van der Waals surface area contributed by atoms with Gasteiger partial charge in [0.15, 0.2) is 0 Å². The van der Waals surface area contributed by atoms with Gasteiger partial charge >= 0.3 is 12.0 Å². The Morgan fingerprint density at radius 1 is 0.950 bits per heavy atom. The van der Waals surface area contributed by atoms with Gasteiger partial charge in [-0.1, -0.05) is 18.2 Å². The average molecular weight is 276 g/mol. The summed E-state index contributed by atoms with van der Waals surface area (Å²) in [6, 6.07) is 9.90. The van der Waals surface area contributed by atoms with E-state index in [9.17, 15) is 0 Å². The van der Waals surface area contributed by atoms with Crippen molar-refractivity contribution >= 4 is 5.95 Å². The Morgan fingerprint density at radius 3 is 2.35 bits per heavy atom. The second-order valence-electron chi connectivity index (χ2n) is 3.69. The molecule has 20 heavy (non-hydrogen) atoms. The predicted molar refractivity (Wildman–Crippen MR) is 73.4 cm³/mol. The minimum atomic E-state index is 0.192. The number of para-hydroxylation sites is 1. The Bertz CT molecular complexity index is 514. The van der Waals surface area contributed by atoms with Crippen molar-refractivity contribution in [3.05, 3.63) is 30.3 Å². The zero-order valence-electron chi connectivity index (χ0n) is 11.4. The highest BCUT2D eigenvalue weighted by Gasteiger charge is 2.06. The number of hydrogen-bond acceptors (Lipinski definition) is 7. The number of nitrogens with zero attached hydrogens (tertiary/aromatic N) is 3. The molecule has 0 fully saturated rings. The molecule has 0 aliphatic carbocycles. The third kappa shape index (κ3) is 3.98. The molecule has 0 amide bonds. The highest BCUT2D eigenvalue weighted by Crippen LogP contribution is 2.12. The number of ether oxygens (including phenoxy) is 3. The molecule has 2 rings (SSSR count). The summed E-state index contributed by atoms with van der Waals surface area (Å²) in [6.45, 7) is 0.720. The van der Waals surface area contributed by atoms with Gasteiger partial charge in [-0.3, -0.25) is 0 Å². The first-order chi connectivity index (χ1) is 9.81. The van der Waals surface area contributed by atoms with Crippen LogP contribution in [0.25, 0.3) is 0 Å². The third-order valence-electron chi connectivity index (χ3n) is 2.33. The molecule has 106 valence electrons. The molecule has 0 saturated carbocycles. The maximum absolute atomic E-state index is 5.50. The fraction of sp³-hybridized carbons (Fsp3) is 0.308. The zero-order valence-corrected chi connectivity index (χ0v) is 11.4. The summed E-state index contributed by atoms with van der Waals surface area (Å²) in [4.78, 5) is 12.0. The van der Waals surface area contributed by atoms with Gasteiger partial charge in [0.1, 0.15) is 19.0 Å². The number of benzene rings is 1. The summed E-state index contributed by atoms with van der Waals surface area (Å²) in [5, 5.41) is 2.80. The summed E-state index contributed by atoms with van der Waals surface area (Å²) in [5.74, 6) is 1.18. The third-order valence-corrected chi connectivity index (χ3v) is 2.33. The molecule has 7 heteroatoms. The van der Waals surface area contributed by atoms with Crippen LogP contribution in [-0.2, 0) is 0 Å². The standard InChI is InChI=1S/C13H16N4O3/c1-14-11-15-12(18-2)17-13(16-11)20-9-8-19-10-6-4-3-5-7-10/h3-7H,8-9H2,1-2H3,(H,14,15,16,17). The molecule has 0 spiro atoms. The lowest BCUT2D eigenvalue weighted by Crippen LogP contribution is -2.12. The summed E-state index contributed by atoms with van der Waals surface area (Å²) in [5.41, 5.74) is 0. The van der Waals surface area contributed by atoms with Crippen LogP contribution in [0.2, 0.25) is 0 Å². The van der Waals surface area contributed by atoms with Gasteiger partial charge in [-0.05, 0) is 12.1 Å². The van der Waals surface area contributed by atoms with Crippen LogP contribution < -0.4 is 19.5 Å². The second kappa shape index (κ2) is 7.13. The van der Waals surface area contributed by atoms with Crippen LogP contribution in [0.3, 0.4) is 0 Å². The van der Waals surface area contributed by atoms with Crippen molar-refractivity contribution in [2.75, 3.05) is 32.7 Å². The lowest BCUT2D eigenvalue weighted by Gasteiger charge is -2.08. The van der Waals surface area contributed by atoms with E-state index < -0.39 is 0 Å². The van der Waals surface area contributed by atoms with E-state index in [0.717, 1.165) is 5.75 Å². The predicted octanol–water partition coefficient (Wildman–Crippen LogP) is 1.38. The molecule has 0 atom stereocenters. The molecule has 0 unspecified atom stereocenters. The van der Waals surface area contributed by atoms with Gasteiger partial charge in [0, 0.05) is 7.05 Å². The van der Waals surface area contributed by atoms with Gasteiger partial charge in [-0.2, -0.15) is 9.97 Å². The first kappa shape index (κ1) is 13.9. The van der Waals surface area contributed by atoms with Crippen LogP contribution in [0.1, 0.15) is 0 Å². The summed E-state index contributed by atoms with van der Waals surface area (Å²) < 4.78 is 15.9. The molecule has 0 saturated heterocycles. The average Bonchev–Trinajstić information content (AvgIpc) is 2.52. The van der Waals surface area contributed by atoms with Gasteiger partial charge in [0.2, 0.25) is 5.95 Å². The first-order valence-corrected chi connectivity index (χ1v) is 6.10. The highest BCUT2D eigenvalue weighted by atomic mass is 16.5. The van der Waals surface area contributed by atoms with E-state index >= 15 is 0 Å². The summed E-state index contributed by atoms with van der Waals surface area (Å²) in [7, 11) is 3.19. The molecule has 0 aliphatic rings. The normalized spacial score (nSPS) is 9.90. The van der Waals surface area contributed by atoms with E-state index in [0.29, 0.717) is 19.2 Å². The van der Waals surface area contributed by atoms with Gasteiger partial charge < -0.3 is 19.5 Å². The zero-order chi connectivity index (χ0) is 14.2. The molecule has 0 bridgehead atoms. The minimum Gasteiger partial charge on any atom is -0.490 e. The molecular formula is C13H16N4O3. The Labute approximate surface area is 116 Å². The largest absolute Gasteiger partial charge is 0.490 e. The van der Waals surface area contributed by atoms with Crippen LogP contribution in [0.5, 0.6) is 17.8 Å². The summed E-state index contributed by atoms with van der Waals surface area (Å²) >= 11 is 0. The maximum Gasteiger partial charge on any atom is 0.324 e. The van der Waals surface area contributed by atoms with Gasteiger partial charge in [0.05, 0.1) is 7.11 Å². The Kier molecular flexibility index (Phi) is 4.94. The molecule has 1 heterocycles. The van der Waals surface area contributed by atoms with Crippen molar-refractivity contribution in [1.82, 2.24) is 15.0 Å². The fourth-order valence-corrected chi connectivity index (χ4v) is 1.41. The quantitative estimate of drug-likeness (QED) is 0.765. The topological polar surface area (TPSA) is 78.4 Å². The highest BCUT2D eigenvalue weighted by molar-refractivity contribution is 5.26. The molecule has 1 aromatic heterocycles. The van der Waals surface area contributed by atoms with Crippen LogP contribution in [-0.4, -0.2) is 42.3 Å². The minimum absolute atomic E-state index is 0.192. The van der Waals surface area contributed by atoms with Crippen molar-refractivity contribution in [2.45, 2.75) is 0 Å². The lowest BCUT2D eigenvalue weighted by molar-refractivity contribution is 0.203. The van der Waals surface area contributed by atoms with Gasteiger partial charge in [-0.25, -0.2) is 0 Å². The van der Waals surface area contributed by atoms with Crippen LogP contribution >= 0.6 is 0 Å². The van der Waals surface area contributed by atoms with Crippen molar-refractivity contribution < 1.29 is 14.2 Å². The first-order valence-electron chi connectivity index (χ1n) is 6.10. The molecule has 1 aromatic carbocycles. The number of nitrogens with one attached hydrogen (secondary N) is 1. The van der Waals surface area contributed by atoms with Crippen LogP contribution in [0, 0.1) is 0 Å². The van der Waals surface area contributed by atoms with Crippen molar-refractivity contribution in [3.8, 4) is 17.8 Å². The van der Waals surface area contributed by atoms with Gasteiger partial charge in [-0.15, -0.1) is 4.98 Å². The van der Waals surface area contributed by atoms with Crippen molar-refractivity contribution in [1.29, 1.82) is 0 Å². The number of rotatable bonds is 7. The molecule has 1 N–H and O–H groups in total. The number of aromatic nitrogens is 3. The number of hydrogen-bond donors (Lipinski definition) is 1. The molecular weight excluding hydrogens is 260 g/mol. The van der Waals surface area contributed by atoms with Crippen LogP contribution in [0.4, 0.5) is 5.95 Å². The van der Waals surface area contributed by atoms with Crippen molar-refractivity contribution in [2.24, 2.45) is 0 Å². The lowest BCUT2D eigenvalue weighted by atomic mass is 10.3. The van der Waals surface area contributed by atoms with E-state index in [1.165, 1.54) is 7.11 Å². The van der Waals surface area contributed by atoms with Crippen LogP contribution in [0.15, 0.2) is 30.3 Å². The van der Waals surface area contributed by atoms with E-state index in [4.69, 9.17) is 14.2 Å². The Balaban J connectivity index is 1.84. The van der Waals surface area contributed by atoms with E-state index in [2.05, 4.69) is 20.3 Å². The maximum atomic E-state index is 5.50. The van der Waals surface area contributed by atoms with Gasteiger partial charge in [0.25, 0.3) is 0 Å². The molecule has 2 aromatic rings. The molecule has 7 nitrogen and oxygen atoms in total. The monoisotopic (exact) mass is 276 g/mol. The number of methoxy groups -OCH3 is 1. The smallest absolute Gasteiger partial charge is 0.324 e. The van der Waals surface area contributed by atoms with E-state index in [-0.39, 0.29) is 12.0 Å². The summed E-state index contributed by atoms with van der Waals surface area (Å²) in [6.07, 6.45) is 0. The molecule has 0 aliphatic heterocycles. The second-order valence-corrected chi connectivity index (χ2v) is 3.69. The molecule has 0 radical (unpaired) electrons. The Hall–Kier alpha value is -2.57. The van der Waals surface area contributed by atoms with Crippen molar-refractivity contribution in [3.63, 3.8) is 0 Å². The SMILES string of the molecule is CNc1nc(OC)nc(OCCOc2ccccc2)n1. The van der Waals surface area contributed by atoms with E-state index in [1.54, 1.807) is 7.05 Å².